The molecule has 1 heteroatoms. The molecule has 0 spiro atoms. The van der Waals surface area contributed by atoms with Gasteiger partial charge in [0.1, 0.15) is 0 Å². The van der Waals surface area contributed by atoms with E-state index in [1.807, 2.05) is 0 Å². The van der Waals surface area contributed by atoms with Gasteiger partial charge in [-0.2, -0.15) is 0 Å². The minimum absolute atomic E-state index is 0.110. The Morgan fingerprint density at radius 3 is 2.56 bits per heavy atom. The zero-order valence-electron chi connectivity index (χ0n) is 10.2. The van der Waals surface area contributed by atoms with E-state index in [1.165, 1.54) is 16.7 Å². The molecule has 0 bridgehead atoms. The second kappa shape index (κ2) is 3.82. The number of nitrogens with two attached hydrogens (primary N) is 1. The van der Waals surface area contributed by atoms with Crippen LogP contribution >= 0.6 is 0 Å². The average Bonchev–Trinajstić information content (AvgIpc) is 2.39. The summed E-state index contributed by atoms with van der Waals surface area (Å²) in [6, 6.07) is 4.35. The Balaban J connectivity index is 2.57. The summed E-state index contributed by atoms with van der Waals surface area (Å²) >= 11 is 0. The van der Waals surface area contributed by atoms with E-state index >= 15 is 0 Å². The number of fused-ring (bicyclic) bond motifs is 1. The van der Waals surface area contributed by atoms with Crippen molar-refractivity contribution in [3.63, 3.8) is 0 Å². The largest absolute Gasteiger partial charge is 0.398 e. The van der Waals surface area contributed by atoms with Crippen LogP contribution in [0.4, 0.5) is 5.69 Å². The van der Waals surface area contributed by atoms with Crippen LogP contribution in [0.3, 0.4) is 0 Å². The molecule has 1 aliphatic rings. The minimum atomic E-state index is 0.110. The number of hydrogen-bond donors (Lipinski definition) is 1. The molecule has 16 heavy (non-hydrogen) atoms. The molecule has 0 saturated carbocycles. The first kappa shape index (κ1) is 11.0. The van der Waals surface area contributed by atoms with Crippen LogP contribution < -0.4 is 5.73 Å². The molecule has 0 atom stereocenters. The third kappa shape index (κ3) is 2.04. The van der Waals surface area contributed by atoms with Crippen LogP contribution in [0.5, 0.6) is 0 Å². The van der Waals surface area contributed by atoms with Gasteiger partial charge in [-0.15, -0.1) is 0 Å². The van der Waals surface area contributed by atoms with Gasteiger partial charge < -0.3 is 5.73 Å². The molecule has 1 aromatic rings. The highest BCUT2D eigenvalue weighted by molar-refractivity contribution is 5.65. The van der Waals surface area contributed by atoms with Crippen molar-refractivity contribution in [1.29, 1.82) is 0 Å². The molecular formula is C15H19N. The quantitative estimate of drug-likeness (QED) is 0.653. The highest BCUT2D eigenvalue weighted by atomic mass is 14.6. The SMILES string of the molecule is CC(C)(C)c1cc2c(cc1N)C=CC=CC2. The highest BCUT2D eigenvalue weighted by Gasteiger charge is 2.18. The van der Waals surface area contributed by atoms with Gasteiger partial charge >= 0.3 is 0 Å². The minimum Gasteiger partial charge on any atom is -0.398 e. The summed E-state index contributed by atoms with van der Waals surface area (Å²) in [6.45, 7) is 6.61. The standard InChI is InChI=1S/C15H19N/c1-15(2,3)13-9-11-7-5-4-6-8-12(11)10-14(13)16/h4-6,8-10H,7,16H2,1-3H3. The first-order chi connectivity index (χ1) is 7.48. The third-order valence-corrected chi connectivity index (χ3v) is 2.98. The van der Waals surface area contributed by atoms with Crippen LogP contribution in [0, 0.1) is 0 Å². The van der Waals surface area contributed by atoms with Crippen molar-refractivity contribution in [1.82, 2.24) is 0 Å². The predicted molar refractivity (Wildman–Crippen MR) is 71.4 cm³/mol. The summed E-state index contributed by atoms with van der Waals surface area (Å²) in [5, 5.41) is 0. The number of rotatable bonds is 0. The van der Waals surface area contributed by atoms with Crippen LogP contribution in [-0.2, 0) is 11.8 Å². The Hall–Kier alpha value is -1.50. The Kier molecular flexibility index (Phi) is 2.63. The molecule has 1 aromatic carbocycles. The molecule has 2 rings (SSSR count). The molecule has 84 valence electrons. The van der Waals surface area contributed by atoms with Crippen molar-refractivity contribution < 1.29 is 0 Å². The van der Waals surface area contributed by atoms with Crippen LogP contribution in [0.2, 0.25) is 0 Å². The van der Waals surface area contributed by atoms with E-state index in [9.17, 15) is 0 Å². The Bertz CT molecular complexity index is 459. The van der Waals surface area contributed by atoms with Crippen molar-refractivity contribution in [2.45, 2.75) is 32.6 Å². The molecule has 0 heterocycles. The highest BCUT2D eigenvalue weighted by Crippen LogP contribution is 2.31. The fraction of sp³-hybridized carbons (Fsp3) is 0.333. The van der Waals surface area contributed by atoms with Crippen molar-refractivity contribution in [2.75, 3.05) is 5.73 Å². The molecule has 0 radical (unpaired) electrons. The van der Waals surface area contributed by atoms with Crippen molar-refractivity contribution in [3.8, 4) is 0 Å². The van der Waals surface area contributed by atoms with E-state index in [2.05, 4.69) is 57.2 Å². The lowest BCUT2D eigenvalue weighted by Gasteiger charge is -2.23. The zero-order chi connectivity index (χ0) is 11.8. The maximum Gasteiger partial charge on any atom is 0.0358 e. The smallest absolute Gasteiger partial charge is 0.0358 e. The first-order valence-corrected chi connectivity index (χ1v) is 5.74. The fourth-order valence-corrected chi connectivity index (χ4v) is 2.09. The summed E-state index contributed by atoms with van der Waals surface area (Å²) in [7, 11) is 0. The van der Waals surface area contributed by atoms with E-state index in [0.29, 0.717) is 0 Å². The maximum absolute atomic E-state index is 6.13. The van der Waals surface area contributed by atoms with Gasteiger partial charge in [-0.05, 0) is 34.6 Å². The number of benzene rings is 1. The van der Waals surface area contributed by atoms with Gasteiger partial charge in [0, 0.05) is 5.69 Å². The van der Waals surface area contributed by atoms with Gasteiger partial charge in [-0.25, -0.2) is 0 Å². The van der Waals surface area contributed by atoms with Gasteiger partial charge in [0.15, 0.2) is 0 Å². The summed E-state index contributed by atoms with van der Waals surface area (Å²) < 4.78 is 0. The lowest BCUT2D eigenvalue weighted by atomic mass is 9.83. The topological polar surface area (TPSA) is 26.0 Å². The normalized spacial score (nSPS) is 14.7. The summed E-state index contributed by atoms with van der Waals surface area (Å²) in [5.74, 6) is 0. The van der Waals surface area contributed by atoms with Crippen LogP contribution in [0.15, 0.2) is 30.4 Å². The van der Waals surface area contributed by atoms with E-state index in [4.69, 9.17) is 5.73 Å². The zero-order valence-corrected chi connectivity index (χ0v) is 10.2. The average molecular weight is 213 g/mol. The van der Waals surface area contributed by atoms with Gasteiger partial charge in [-0.3, -0.25) is 0 Å². The number of anilines is 1. The van der Waals surface area contributed by atoms with Gasteiger partial charge in [0.2, 0.25) is 0 Å². The van der Waals surface area contributed by atoms with E-state index in [-0.39, 0.29) is 5.41 Å². The number of nitrogen functional groups attached to an aromatic ring is 1. The van der Waals surface area contributed by atoms with Crippen molar-refractivity contribution >= 4 is 11.8 Å². The van der Waals surface area contributed by atoms with E-state index in [1.54, 1.807) is 0 Å². The van der Waals surface area contributed by atoms with Gasteiger partial charge in [0.25, 0.3) is 0 Å². The molecule has 2 N–H and O–H groups in total. The molecule has 0 aromatic heterocycles. The molecule has 0 fully saturated rings. The predicted octanol–water partition coefficient (Wildman–Crippen LogP) is 3.69. The van der Waals surface area contributed by atoms with Crippen LogP contribution in [-0.4, -0.2) is 0 Å². The maximum atomic E-state index is 6.13. The fourth-order valence-electron chi connectivity index (χ4n) is 2.09. The van der Waals surface area contributed by atoms with Crippen LogP contribution in [0.1, 0.15) is 37.5 Å². The Morgan fingerprint density at radius 2 is 1.88 bits per heavy atom. The second-order valence-electron chi connectivity index (χ2n) is 5.38. The number of allylic oxidation sites excluding steroid dienone is 3. The summed E-state index contributed by atoms with van der Waals surface area (Å²) in [5.41, 5.74) is 11.0. The molecule has 0 aliphatic heterocycles. The molecule has 0 amide bonds. The molecule has 1 aliphatic carbocycles. The Morgan fingerprint density at radius 1 is 1.12 bits per heavy atom. The van der Waals surface area contributed by atoms with E-state index in [0.717, 1.165) is 12.1 Å². The molecular weight excluding hydrogens is 194 g/mol. The first-order valence-electron chi connectivity index (χ1n) is 5.74. The molecule has 1 nitrogen and oxygen atoms in total. The summed E-state index contributed by atoms with van der Waals surface area (Å²) in [6.07, 6.45) is 9.47. The summed E-state index contributed by atoms with van der Waals surface area (Å²) in [4.78, 5) is 0. The molecule has 0 saturated heterocycles. The Labute approximate surface area is 97.7 Å². The van der Waals surface area contributed by atoms with E-state index < -0.39 is 0 Å². The third-order valence-electron chi connectivity index (χ3n) is 2.98. The van der Waals surface area contributed by atoms with Crippen molar-refractivity contribution in [2.24, 2.45) is 0 Å². The number of hydrogen-bond acceptors (Lipinski definition) is 1. The lowest BCUT2D eigenvalue weighted by molar-refractivity contribution is 0.592. The van der Waals surface area contributed by atoms with Crippen LogP contribution in [0.25, 0.3) is 6.08 Å². The lowest BCUT2D eigenvalue weighted by Crippen LogP contribution is -2.14. The monoisotopic (exact) mass is 213 g/mol. The molecule has 0 unspecified atom stereocenters. The van der Waals surface area contributed by atoms with Gasteiger partial charge in [0.05, 0.1) is 0 Å². The van der Waals surface area contributed by atoms with Crippen molar-refractivity contribution in [3.05, 3.63) is 47.1 Å². The second-order valence-corrected chi connectivity index (χ2v) is 5.38. The van der Waals surface area contributed by atoms with Gasteiger partial charge in [-0.1, -0.05) is 51.1 Å².